The Balaban J connectivity index is 1.27. The van der Waals surface area contributed by atoms with Crippen LogP contribution >= 0.6 is 23.4 Å². The largest absolute Gasteiger partial charge is 0.351 e. The number of hydrogen-bond acceptors (Lipinski definition) is 4. The minimum absolute atomic E-state index is 0.0641. The maximum Gasteiger partial charge on any atom is 0.251 e. The fourth-order valence-electron chi connectivity index (χ4n) is 4.13. The Kier molecular flexibility index (Phi) is 7.87. The van der Waals surface area contributed by atoms with Crippen LogP contribution in [0, 0.1) is 0 Å². The van der Waals surface area contributed by atoms with Crippen molar-refractivity contribution in [2.45, 2.75) is 30.3 Å². The topological polar surface area (TPSA) is 59.8 Å². The smallest absolute Gasteiger partial charge is 0.251 e. The van der Waals surface area contributed by atoms with E-state index in [0.717, 1.165) is 32.5 Å². The maximum atomic E-state index is 12.7. The first-order valence-electron chi connectivity index (χ1n) is 12.2. The van der Waals surface area contributed by atoms with Crippen LogP contribution in [-0.2, 0) is 12.3 Å². The van der Waals surface area contributed by atoms with E-state index in [1.807, 2.05) is 79.0 Å². The van der Waals surface area contributed by atoms with Crippen molar-refractivity contribution in [3.05, 3.63) is 125 Å². The Morgan fingerprint density at radius 2 is 1.70 bits per heavy atom. The standard InChI is InChI=1S/C30H27ClN4OS/c1-21(24-5-3-2-4-6-24)17-33-29(36)25-11-7-22(8-12-25)19-35-28-18-32-16-15-27(28)34-30(35)37-20-23-9-13-26(31)14-10-23/h2-16,18,21H,17,19-20H2,1H3,(H,33,36). The molecule has 0 fully saturated rings. The van der Waals surface area contributed by atoms with Gasteiger partial charge in [-0.25, -0.2) is 4.98 Å². The fraction of sp³-hybridized carbons (Fsp3) is 0.167. The molecule has 1 unspecified atom stereocenters. The quantitative estimate of drug-likeness (QED) is 0.211. The highest BCUT2D eigenvalue weighted by Gasteiger charge is 2.14. The van der Waals surface area contributed by atoms with E-state index in [-0.39, 0.29) is 11.8 Å². The molecule has 0 radical (unpaired) electrons. The van der Waals surface area contributed by atoms with Gasteiger partial charge in [-0.15, -0.1) is 0 Å². The third kappa shape index (κ3) is 6.21. The van der Waals surface area contributed by atoms with Crippen molar-refractivity contribution in [1.82, 2.24) is 19.9 Å². The van der Waals surface area contributed by atoms with Crippen molar-refractivity contribution >= 4 is 40.3 Å². The predicted molar refractivity (Wildman–Crippen MR) is 151 cm³/mol. The zero-order valence-electron chi connectivity index (χ0n) is 20.5. The first-order valence-corrected chi connectivity index (χ1v) is 13.5. The third-order valence-electron chi connectivity index (χ3n) is 6.29. The van der Waals surface area contributed by atoms with E-state index in [9.17, 15) is 4.79 Å². The molecule has 0 aliphatic rings. The Bertz CT molecular complexity index is 1480. The van der Waals surface area contributed by atoms with Gasteiger partial charge in [-0.1, -0.05) is 84.9 Å². The van der Waals surface area contributed by atoms with Gasteiger partial charge in [-0.3, -0.25) is 9.78 Å². The van der Waals surface area contributed by atoms with Crippen molar-refractivity contribution in [3.63, 3.8) is 0 Å². The molecular formula is C30H27ClN4OS. The van der Waals surface area contributed by atoms with Crippen molar-refractivity contribution in [2.75, 3.05) is 6.54 Å². The maximum absolute atomic E-state index is 12.7. The number of fused-ring (bicyclic) bond motifs is 1. The van der Waals surface area contributed by atoms with E-state index >= 15 is 0 Å². The second-order valence-electron chi connectivity index (χ2n) is 8.98. The molecule has 37 heavy (non-hydrogen) atoms. The van der Waals surface area contributed by atoms with Crippen LogP contribution in [0.3, 0.4) is 0 Å². The van der Waals surface area contributed by atoms with Crippen LogP contribution in [0.15, 0.2) is 102 Å². The molecule has 0 aliphatic heterocycles. The van der Waals surface area contributed by atoms with Crippen LogP contribution in [0.25, 0.3) is 11.0 Å². The first kappa shape index (κ1) is 25.1. The summed E-state index contributed by atoms with van der Waals surface area (Å²) in [6, 6.07) is 27.8. The summed E-state index contributed by atoms with van der Waals surface area (Å²) in [7, 11) is 0. The number of hydrogen-bond donors (Lipinski definition) is 1. The minimum atomic E-state index is -0.0641. The molecule has 7 heteroatoms. The van der Waals surface area contributed by atoms with Gasteiger partial charge >= 0.3 is 0 Å². The van der Waals surface area contributed by atoms with Gasteiger partial charge in [-0.05, 0) is 52.9 Å². The van der Waals surface area contributed by atoms with E-state index in [1.165, 1.54) is 11.1 Å². The number of rotatable bonds is 9. The average molecular weight is 527 g/mol. The molecule has 186 valence electrons. The van der Waals surface area contributed by atoms with Gasteiger partial charge in [0, 0.05) is 29.1 Å². The number of carbonyl (C=O) groups excluding carboxylic acids is 1. The van der Waals surface area contributed by atoms with Crippen LogP contribution in [0.5, 0.6) is 0 Å². The lowest BCUT2D eigenvalue weighted by Crippen LogP contribution is -2.27. The molecule has 2 aromatic heterocycles. The fourth-order valence-corrected chi connectivity index (χ4v) is 5.23. The summed E-state index contributed by atoms with van der Waals surface area (Å²) in [5.41, 5.74) is 6.03. The number of nitrogens with zero attached hydrogens (tertiary/aromatic N) is 3. The molecule has 2 heterocycles. The molecule has 5 rings (SSSR count). The molecule has 5 aromatic rings. The Morgan fingerprint density at radius 1 is 0.973 bits per heavy atom. The van der Waals surface area contributed by atoms with Crippen LogP contribution in [0.4, 0.5) is 0 Å². The molecule has 1 atom stereocenters. The highest BCUT2D eigenvalue weighted by atomic mass is 35.5. The molecule has 5 nitrogen and oxygen atoms in total. The van der Waals surface area contributed by atoms with E-state index in [1.54, 1.807) is 18.0 Å². The summed E-state index contributed by atoms with van der Waals surface area (Å²) in [5, 5.41) is 4.71. The van der Waals surface area contributed by atoms with Crippen LogP contribution in [0.2, 0.25) is 5.02 Å². The SMILES string of the molecule is CC(CNC(=O)c1ccc(Cn2c(SCc3ccc(Cl)cc3)nc3ccncc32)cc1)c1ccccc1. The van der Waals surface area contributed by atoms with Crippen LogP contribution in [0.1, 0.15) is 39.9 Å². The normalized spacial score (nSPS) is 11.9. The molecule has 0 aliphatic carbocycles. The van der Waals surface area contributed by atoms with E-state index < -0.39 is 0 Å². The van der Waals surface area contributed by atoms with E-state index in [4.69, 9.17) is 16.6 Å². The molecule has 0 saturated heterocycles. The number of aromatic nitrogens is 3. The number of nitrogens with one attached hydrogen (secondary N) is 1. The summed E-state index contributed by atoms with van der Waals surface area (Å²) in [6.45, 7) is 3.34. The van der Waals surface area contributed by atoms with Crippen molar-refractivity contribution in [2.24, 2.45) is 0 Å². The zero-order chi connectivity index (χ0) is 25.6. The molecule has 0 saturated carbocycles. The molecule has 0 spiro atoms. The summed E-state index contributed by atoms with van der Waals surface area (Å²) in [6.07, 6.45) is 3.61. The molecule has 0 bridgehead atoms. The Morgan fingerprint density at radius 3 is 2.46 bits per heavy atom. The van der Waals surface area contributed by atoms with Gasteiger partial charge in [0.25, 0.3) is 5.91 Å². The number of halogens is 1. The van der Waals surface area contributed by atoms with Crippen molar-refractivity contribution < 1.29 is 4.79 Å². The van der Waals surface area contributed by atoms with Gasteiger partial charge in [0.1, 0.15) is 0 Å². The number of amides is 1. The molecular weight excluding hydrogens is 500 g/mol. The number of thioether (sulfide) groups is 1. The number of carbonyl (C=O) groups is 1. The second-order valence-corrected chi connectivity index (χ2v) is 10.4. The zero-order valence-corrected chi connectivity index (χ0v) is 22.0. The lowest BCUT2D eigenvalue weighted by molar-refractivity contribution is 0.0951. The first-order chi connectivity index (χ1) is 18.1. The Hall–Kier alpha value is -3.61. The number of imidazole rings is 1. The van der Waals surface area contributed by atoms with Crippen LogP contribution in [-0.4, -0.2) is 27.0 Å². The third-order valence-corrected chi connectivity index (χ3v) is 7.59. The van der Waals surface area contributed by atoms with Gasteiger partial charge in [0.15, 0.2) is 5.16 Å². The van der Waals surface area contributed by atoms with Crippen molar-refractivity contribution in [1.29, 1.82) is 0 Å². The number of benzene rings is 3. The Labute approximate surface area is 225 Å². The summed E-state index contributed by atoms with van der Waals surface area (Å²) in [4.78, 5) is 21.9. The molecule has 1 amide bonds. The minimum Gasteiger partial charge on any atom is -0.351 e. The highest BCUT2D eigenvalue weighted by Crippen LogP contribution is 2.28. The lowest BCUT2D eigenvalue weighted by Gasteiger charge is -2.13. The van der Waals surface area contributed by atoms with Gasteiger partial charge in [0.05, 0.1) is 23.8 Å². The summed E-state index contributed by atoms with van der Waals surface area (Å²) in [5.74, 6) is 0.969. The molecule has 1 N–H and O–H groups in total. The number of pyridine rings is 1. The van der Waals surface area contributed by atoms with Gasteiger partial charge in [0.2, 0.25) is 0 Å². The van der Waals surface area contributed by atoms with E-state index in [0.29, 0.717) is 18.7 Å². The van der Waals surface area contributed by atoms with Crippen molar-refractivity contribution in [3.8, 4) is 0 Å². The van der Waals surface area contributed by atoms with Gasteiger partial charge in [-0.2, -0.15) is 0 Å². The monoisotopic (exact) mass is 526 g/mol. The van der Waals surface area contributed by atoms with Crippen LogP contribution < -0.4 is 5.32 Å². The second kappa shape index (κ2) is 11.6. The average Bonchev–Trinajstić information content (AvgIpc) is 3.29. The predicted octanol–water partition coefficient (Wildman–Crippen LogP) is 6.96. The summed E-state index contributed by atoms with van der Waals surface area (Å²) < 4.78 is 2.18. The highest BCUT2D eigenvalue weighted by molar-refractivity contribution is 7.98. The summed E-state index contributed by atoms with van der Waals surface area (Å²) >= 11 is 7.71. The van der Waals surface area contributed by atoms with Gasteiger partial charge < -0.3 is 9.88 Å². The lowest BCUT2D eigenvalue weighted by atomic mass is 10.0. The van der Waals surface area contributed by atoms with E-state index in [2.05, 4.69) is 33.9 Å². The molecule has 3 aromatic carbocycles.